The van der Waals surface area contributed by atoms with Crippen molar-refractivity contribution in [1.82, 2.24) is 5.32 Å². The van der Waals surface area contributed by atoms with Crippen molar-refractivity contribution in [1.29, 1.82) is 5.41 Å². The van der Waals surface area contributed by atoms with Crippen LogP contribution in [0.4, 0.5) is 0 Å². The maximum Gasteiger partial charge on any atom is 0.392 e. The van der Waals surface area contributed by atoms with E-state index in [2.05, 4.69) is 5.32 Å². The minimum Gasteiger partial charge on any atom is -0.479 e. The molecule has 23 heavy (non-hydrogen) atoms. The molecule has 8 N–H and O–H groups in total. The largest absolute Gasteiger partial charge is 0.479 e. The van der Waals surface area contributed by atoms with Gasteiger partial charge in [-0.3, -0.25) is 9.97 Å². The van der Waals surface area contributed by atoms with E-state index in [0.29, 0.717) is 0 Å². The Morgan fingerprint density at radius 3 is 2.70 bits per heavy atom. The molecule has 0 amide bonds. The Morgan fingerprint density at radius 2 is 2.22 bits per heavy atom. The highest BCUT2D eigenvalue weighted by molar-refractivity contribution is 7.57. The van der Waals surface area contributed by atoms with E-state index in [-0.39, 0.29) is 12.6 Å². The number of nitrogens with one attached hydrogen (secondary N) is 2. The zero-order valence-corrected chi connectivity index (χ0v) is 13.8. The van der Waals surface area contributed by atoms with Crippen LogP contribution in [0.2, 0.25) is 0 Å². The first-order valence-corrected chi connectivity index (χ1v) is 8.65. The second kappa shape index (κ2) is 8.09. The summed E-state index contributed by atoms with van der Waals surface area (Å²) in [6.45, 7) is 2.41. The second-order valence-corrected chi connectivity index (χ2v) is 6.95. The maximum absolute atomic E-state index is 12.1. The van der Waals surface area contributed by atoms with Gasteiger partial charge < -0.3 is 40.5 Å². The number of rotatable bonds is 7. The molecule has 0 saturated heterocycles. The lowest BCUT2D eigenvalue weighted by Crippen LogP contribution is -2.54. The number of hydrogen-bond donors (Lipinski definition) is 7. The Morgan fingerprint density at radius 1 is 1.61 bits per heavy atom. The van der Waals surface area contributed by atoms with Gasteiger partial charge in [-0.2, -0.15) is 0 Å². The first-order valence-electron chi connectivity index (χ1n) is 7.08. The molecule has 0 aromatic carbocycles. The van der Waals surface area contributed by atoms with Crippen LogP contribution in [0.15, 0.2) is 11.6 Å². The number of guanidine groups is 1. The molecule has 0 radical (unpaired) electrons. The van der Waals surface area contributed by atoms with Crippen LogP contribution in [0.3, 0.4) is 0 Å². The van der Waals surface area contributed by atoms with Crippen molar-refractivity contribution in [2.75, 3.05) is 13.2 Å². The Hall–Kier alpha value is -1.16. The third-order valence-electron chi connectivity index (χ3n) is 3.49. The monoisotopic (exact) mass is 353 g/mol. The molecule has 10 nitrogen and oxygen atoms in total. The van der Waals surface area contributed by atoms with Gasteiger partial charge in [0.05, 0.1) is 19.3 Å². The predicted molar refractivity (Wildman–Crippen MR) is 81.5 cm³/mol. The number of hydrogen-bond acceptors (Lipinski definition) is 7. The summed E-state index contributed by atoms with van der Waals surface area (Å²) in [5.74, 6) is -0.903. The van der Waals surface area contributed by atoms with Crippen molar-refractivity contribution in [2.24, 2.45) is 11.7 Å². The average Bonchev–Trinajstić information content (AvgIpc) is 2.47. The smallest absolute Gasteiger partial charge is 0.392 e. The van der Waals surface area contributed by atoms with Gasteiger partial charge in [0, 0.05) is 5.92 Å². The first-order chi connectivity index (χ1) is 10.6. The molecule has 0 aromatic rings. The van der Waals surface area contributed by atoms with Crippen molar-refractivity contribution in [3.8, 4) is 0 Å². The summed E-state index contributed by atoms with van der Waals surface area (Å²) in [4.78, 5) is 9.91. The zero-order chi connectivity index (χ0) is 17.8. The molecule has 1 aliphatic rings. The van der Waals surface area contributed by atoms with Crippen LogP contribution in [0, 0.1) is 11.3 Å². The molecule has 1 rings (SSSR count). The SMILES string of the molecule is CCOP(=O)(O)C1=C[C@H](NC(=N)N)[C@@H](C)[C@H]([C@H](O)[C@H](O)CO)O1. The highest BCUT2D eigenvalue weighted by Gasteiger charge is 2.43. The van der Waals surface area contributed by atoms with Crippen LogP contribution in [0.5, 0.6) is 0 Å². The topological polar surface area (TPSA) is 178 Å². The molecule has 1 unspecified atom stereocenters. The van der Waals surface area contributed by atoms with Gasteiger partial charge in [0.2, 0.25) is 5.50 Å². The second-order valence-electron chi connectivity index (χ2n) is 5.21. The normalized spacial score (nSPS) is 29.7. The van der Waals surface area contributed by atoms with Crippen molar-refractivity contribution >= 4 is 13.6 Å². The number of ether oxygens (including phenoxy) is 1. The van der Waals surface area contributed by atoms with Gasteiger partial charge in [-0.15, -0.1) is 0 Å². The zero-order valence-electron chi connectivity index (χ0n) is 12.9. The van der Waals surface area contributed by atoms with Crippen molar-refractivity contribution in [3.63, 3.8) is 0 Å². The third-order valence-corrected chi connectivity index (χ3v) is 4.91. The summed E-state index contributed by atoms with van der Waals surface area (Å²) >= 11 is 0. The molecule has 0 spiro atoms. The van der Waals surface area contributed by atoms with E-state index in [0.717, 1.165) is 0 Å². The van der Waals surface area contributed by atoms with E-state index in [9.17, 15) is 19.7 Å². The molecule has 11 heteroatoms. The maximum atomic E-state index is 12.1. The van der Waals surface area contributed by atoms with Crippen LogP contribution in [0.25, 0.3) is 0 Å². The molecular weight excluding hydrogens is 329 g/mol. The molecule has 0 bridgehead atoms. The molecule has 0 aromatic heterocycles. The van der Waals surface area contributed by atoms with Gasteiger partial charge in [-0.1, -0.05) is 6.92 Å². The minimum atomic E-state index is -4.26. The van der Waals surface area contributed by atoms with Crippen molar-refractivity contribution in [3.05, 3.63) is 11.6 Å². The molecule has 1 aliphatic heterocycles. The molecule has 134 valence electrons. The van der Waals surface area contributed by atoms with Gasteiger partial charge in [-0.05, 0) is 13.0 Å². The quantitative estimate of drug-likeness (QED) is 0.165. The van der Waals surface area contributed by atoms with Crippen LogP contribution in [0.1, 0.15) is 13.8 Å². The van der Waals surface area contributed by atoms with Gasteiger partial charge in [-0.25, -0.2) is 0 Å². The summed E-state index contributed by atoms with van der Waals surface area (Å²) in [6.07, 6.45) is -2.87. The summed E-state index contributed by atoms with van der Waals surface area (Å²) in [6, 6.07) is -0.706. The fraction of sp³-hybridized carbons (Fsp3) is 0.750. The lowest BCUT2D eigenvalue weighted by Gasteiger charge is -2.39. The highest BCUT2D eigenvalue weighted by atomic mass is 31.2. The van der Waals surface area contributed by atoms with Gasteiger partial charge in [0.25, 0.3) is 0 Å². The van der Waals surface area contributed by atoms with Crippen molar-refractivity contribution < 1.29 is 34.0 Å². The lowest BCUT2D eigenvalue weighted by molar-refractivity contribution is -0.107. The van der Waals surface area contributed by atoms with E-state index in [1.807, 2.05) is 0 Å². The number of aliphatic hydroxyl groups is 3. The minimum absolute atomic E-state index is 0.0404. The predicted octanol–water partition coefficient (Wildman–Crippen LogP) is -1.35. The van der Waals surface area contributed by atoms with E-state index in [4.69, 9.17) is 25.5 Å². The Balaban J connectivity index is 3.15. The molecule has 0 fully saturated rings. The molecular formula is C12H24N3O7P. The Bertz CT molecular complexity index is 501. The summed E-state index contributed by atoms with van der Waals surface area (Å²) in [5, 5.41) is 38.5. The highest BCUT2D eigenvalue weighted by Crippen LogP contribution is 2.53. The van der Waals surface area contributed by atoms with Crippen LogP contribution >= 0.6 is 7.60 Å². The third kappa shape index (κ3) is 4.90. The molecule has 6 atom stereocenters. The number of nitrogens with two attached hydrogens (primary N) is 1. The summed E-state index contributed by atoms with van der Waals surface area (Å²) in [7, 11) is -4.26. The van der Waals surface area contributed by atoms with Crippen LogP contribution in [-0.4, -0.2) is 63.7 Å². The van der Waals surface area contributed by atoms with E-state index >= 15 is 0 Å². The fourth-order valence-corrected chi connectivity index (χ4v) is 3.34. The molecule has 0 saturated carbocycles. The van der Waals surface area contributed by atoms with E-state index < -0.39 is 50.0 Å². The first kappa shape index (κ1) is 19.9. The van der Waals surface area contributed by atoms with Gasteiger partial charge in [0.15, 0.2) is 5.96 Å². The van der Waals surface area contributed by atoms with Crippen LogP contribution in [-0.2, 0) is 13.8 Å². The van der Waals surface area contributed by atoms with Crippen molar-refractivity contribution in [2.45, 2.75) is 38.2 Å². The van der Waals surface area contributed by atoms with Gasteiger partial charge in [0.1, 0.15) is 18.3 Å². The summed E-state index contributed by atoms with van der Waals surface area (Å²) in [5.41, 5.74) is 4.88. The van der Waals surface area contributed by atoms with E-state index in [1.165, 1.54) is 13.0 Å². The summed E-state index contributed by atoms with van der Waals surface area (Å²) < 4.78 is 22.3. The Labute approximate surface area is 134 Å². The average molecular weight is 353 g/mol. The molecule has 1 heterocycles. The van der Waals surface area contributed by atoms with Gasteiger partial charge >= 0.3 is 7.60 Å². The van der Waals surface area contributed by atoms with Crippen LogP contribution < -0.4 is 11.1 Å². The number of aliphatic hydroxyl groups excluding tert-OH is 3. The Kier molecular flexibility index (Phi) is 7.00. The standard InChI is InChI=1S/C12H24N3O7P/c1-3-21-23(19,20)9-4-7(15-12(13)14)6(2)11(22-9)10(18)8(17)5-16/h4,6-8,10-11,16-18H,3,5H2,1-2H3,(H,19,20)(H4,13,14,15)/t6-,7+,8-,10-,11-/m1/s1. The molecule has 0 aliphatic carbocycles. The van der Waals surface area contributed by atoms with E-state index in [1.54, 1.807) is 6.92 Å². The lowest BCUT2D eigenvalue weighted by atomic mass is 9.88. The fourth-order valence-electron chi connectivity index (χ4n) is 2.26.